The molecule has 0 aliphatic carbocycles. The number of esters is 1. The fourth-order valence-electron chi connectivity index (χ4n) is 4.49. The zero-order valence-electron chi connectivity index (χ0n) is 20.5. The summed E-state index contributed by atoms with van der Waals surface area (Å²) in [6.07, 6.45) is 8.69. The molecule has 0 saturated carbocycles. The minimum atomic E-state index is -0.370. The maximum atomic E-state index is 11.6. The molecule has 2 aromatic heterocycles. The van der Waals surface area contributed by atoms with E-state index in [0.717, 1.165) is 57.4 Å². The van der Waals surface area contributed by atoms with Crippen molar-refractivity contribution in [2.45, 2.75) is 38.5 Å². The largest absolute Gasteiger partial charge is 0.465 e. The van der Waals surface area contributed by atoms with Gasteiger partial charge in [-0.1, -0.05) is 12.1 Å². The number of anilines is 3. The number of hydrogen-bond donors (Lipinski definition) is 1. The zero-order valence-corrected chi connectivity index (χ0v) is 20.5. The van der Waals surface area contributed by atoms with Crippen molar-refractivity contribution in [1.82, 2.24) is 15.0 Å². The number of hydrogen-bond acceptors (Lipinski definition) is 10. The SMILES string of the molecule is COC(=O)c1ccc(-c2ccc(C=NNc3nc(N4CCCCC4)nc(N4CCCCC4)n3)o2)cc1. The molecule has 0 radical (unpaired) electrons. The lowest BCUT2D eigenvalue weighted by Gasteiger charge is -2.30. The van der Waals surface area contributed by atoms with Gasteiger partial charge in [-0.2, -0.15) is 20.1 Å². The van der Waals surface area contributed by atoms with Crippen LogP contribution in [-0.2, 0) is 4.74 Å². The molecule has 5 rings (SSSR count). The number of nitrogens with zero attached hydrogens (tertiary/aromatic N) is 6. The van der Waals surface area contributed by atoms with E-state index in [9.17, 15) is 4.79 Å². The molecule has 188 valence electrons. The van der Waals surface area contributed by atoms with Gasteiger partial charge in [0.1, 0.15) is 11.5 Å². The van der Waals surface area contributed by atoms with Gasteiger partial charge in [0.15, 0.2) is 0 Å². The van der Waals surface area contributed by atoms with Crippen LogP contribution in [0.4, 0.5) is 17.8 Å². The molecule has 0 bridgehead atoms. The van der Waals surface area contributed by atoms with Crippen molar-refractivity contribution in [3.63, 3.8) is 0 Å². The molecule has 0 atom stereocenters. The molecular weight excluding hydrogens is 458 g/mol. The Morgan fingerprint density at radius 2 is 1.50 bits per heavy atom. The predicted octanol–water partition coefficient (Wildman–Crippen LogP) is 4.34. The first-order valence-corrected chi connectivity index (χ1v) is 12.5. The second kappa shape index (κ2) is 11.2. The van der Waals surface area contributed by atoms with Crippen molar-refractivity contribution >= 4 is 30.0 Å². The minimum absolute atomic E-state index is 0.370. The van der Waals surface area contributed by atoms with Gasteiger partial charge in [0, 0.05) is 31.7 Å². The number of furan rings is 1. The average molecular weight is 490 g/mol. The number of hydrazone groups is 1. The molecular formula is C26H31N7O3. The molecule has 0 unspecified atom stereocenters. The van der Waals surface area contributed by atoms with E-state index in [-0.39, 0.29) is 5.97 Å². The van der Waals surface area contributed by atoms with Gasteiger partial charge in [0.05, 0.1) is 18.9 Å². The van der Waals surface area contributed by atoms with Gasteiger partial charge in [-0.05, 0) is 62.8 Å². The minimum Gasteiger partial charge on any atom is -0.465 e. The van der Waals surface area contributed by atoms with Crippen LogP contribution in [0.25, 0.3) is 11.3 Å². The van der Waals surface area contributed by atoms with E-state index >= 15 is 0 Å². The van der Waals surface area contributed by atoms with Crippen molar-refractivity contribution in [2.75, 3.05) is 48.5 Å². The van der Waals surface area contributed by atoms with Crippen LogP contribution in [0.15, 0.2) is 45.9 Å². The summed E-state index contributed by atoms with van der Waals surface area (Å²) in [5.74, 6) is 2.72. The fraction of sp³-hybridized carbons (Fsp3) is 0.423. The lowest BCUT2D eigenvalue weighted by atomic mass is 10.1. The highest BCUT2D eigenvalue weighted by molar-refractivity contribution is 5.89. The Morgan fingerprint density at radius 1 is 0.889 bits per heavy atom. The molecule has 1 N–H and O–H groups in total. The van der Waals surface area contributed by atoms with Gasteiger partial charge in [0.25, 0.3) is 0 Å². The molecule has 0 spiro atoms. The lowest BCUT2D eigenvalue weighted by Crippen LogP contribution is -2.34. The Balaban J connectivity index is 1.30. The highest BCUT2D eigenvalue weighted by Gasteiger charge is 2.20. The zero-order chi connectivity index (χ0) is 24.7. The summed E-state index contributed by atoms with van der Waals surface area (Å²) >= 11 is 0. The first-order chi connectivity index (χ1) is 17.7. The third kappa shape index (κ3) is 5.64. The van der Waals surface area contributed by atoms with E-state index < -0.39 is 0 Å². The molecule has 1 aromatic carbocycles. The number of carbonyl (C=O) groups is 1. The predicted molar refractivity (Wildman–Crippen MR) is 139 cm³/mol. The Hall–Kier alpha value is -3.95. The number of carbonyl (C=O) groups excluding carboxylic acids is 1. The molecule has 0 amide bonds. The first kappa shape index (κ1) is 23.8. The van der Waals surface area contributed by atoms with Gasteiger partial charge in [-0.25, -0.2) is 10.2 Å². The van der Waals surface area contributed by atoms with E-state index in [2.05, 4.69) is 30.3 Å². The van der Waals surface area contributed by atoms with E-state index in [4.69, 9.17) is 14.1 Å². The summed E-state index contributed by atoms with van der Waals surface area (Å²) in [6, 6.07) is 10.7. The number of rotatable bonds is 7. The maximum absolute atomic E-state index is 11.6. The van der Waals surface area contributed by atoms with Crippen molar-refractivity contribution in [1.29, 1.82) is 0 Å². The maximum Gasteiger partial charge on any atom is 0.337 e. The number of nitrogens with one attached hydrogen (secondary N) is 1. The second-order valence-electron chi connectivity index (χ2n) is 9.00. The third-order valence-electron chi connectivity index (χ3n) is 6.46. The van der Waals surface area contributed by atoms with Gasteiger partial charge < -0.3 is 19.0 Å². The van der Waals surface area contributed by atoms with Gasteiger partial charge in [0.2, 0.25) is 17.8 Å². The Kier molecular flexibility index (Phi) is 7.39. The Morgan fingerprint density at radius 3 is 2.08 bits per heavy atom. The molecule has 36 heavy (non-hydrogen) atoms. The lowest BCUT2D eigenvalue weighted by molar-refractivity contribution is 0.0600. The van der Waals surface area contributed by atoms with E-state index in [1.54, 1.807) is 18.3 Å². The standard InChI is InChI=1S/C26H31N7O3/c1-35-23(34)20-10-8-19(9-11-20)22-13-12-21(36-22)18-27-31-24-28-25(32-14-4-2-5-15-32)30-26(29-24)33-16-6-3-7-17-33/h8-13,18H,2-7,14-17H2,1H3,(H,28,29,30,31). The number of ether oxygens (including phenoxy) is 1. The molecule has 10 heteroatoms. The van der Waals surface area contributed by atoms with Crippen LogP contribution >= 0.6 is 0 Å². The molecule has 4 heterocycles. The Bertz CT molecular complexity index is 1160. The molecule has 2 fully saturated rings. The van der Waals surface area contributed by atoms with E-state index in [1.807, 2.05) is 24.3 Å². The van der Waals surface area contributed by atoms with Crippen LogP contribution in [-0.4, -0.2) is 60.4 Å². The van der Waals surface area contributed by atoms with Crippen LogP contribution in [0.2, 0.25) is 0 Å². The van der Waals surface area contributed by atoms with Gasteiger partial charge in [-0.3, -0.25) is 0 Å². The van der Waals surface area contributed by atoms with Crippen LogP contribution in [0.1, 0.15) is 54.6 Å². The second-order valence-corrected chi connectivity index (χ2v) is 9.00. The number of benzene rings is 1. The normalized spacial score (nSPS) is 16.4. The topological polar surface area (TPSA) is 109 Å². The highest BCUT2D eigenvalue weighted by atomic mass is 16.5. The van der Waals surface area contributed by atoms with Crippen LogP contribution in [0.5, 0.6) is 0 Å². The number of methoxy groups -OCH3 is 1. The van der Waals surface area contributed by atoms with E-state index in [0.29, 0.717) is 34.9 Å². The quantitative estimate of drug-likeness (QED) is 0.294. The summed E-state index contributed by atoms with van der Waals surface area (Å²) < 4.78 is 10.6. The summed E-state index contributed by atoms with van der Waals surface area (Å²) in [6.45, 7) is 3.84. The number of aromatic nitrogens is 3. The van der Waals surface area contributed by atoms with Gasteiger partial charge in [-0.15, -0.1) is 0 Å². The summed E-state index contributed by atoms with van der Waals surface area (Å²) in [4.78, 5) is 30.2. The van der Waals surface area contributed by atoms with E-state index in [1.165, 1.54) is 20.0 Å². The van der Waals surface area contributed by atoms with Crippen LogP contribution in [0, 0.1) is 0 Å². The van der Waals surface area contributed by atoms with Crippen molar-refractivity contribution < 1.29 is 13.9 Å². The number of piperidine rings is 2. The van der Waals surface area contributed by atoms with Crippen LogP contribution in [0.3, 0.4) is 0 Å². The summed E-state index contributed by atoms with van der Waals surface area (Å²) in [5.41, 5.74) is 4.31. The van der Waals surface area contributed by atoms with Crippen molar-refractivity contribution in [2.24, 2.45) is 5.10 Å². The monoisotopic (exact) mass is 489 g/mol. The summed E-state index contributed by atoms with van der Waals surface area (Å²) in [7, 11) is 1.36. The molecule has 3 aromatic rings. The Labute approximate surface area is 210 Å². The first-order valence-electron chi connectivity index (χ1n) is 12.5. The third-order valence-corrected chi connectivity index (χ3v) is 6.46. The molecule has 2 aliphatic heterocycles. The fourth-order valence-corrected chi connectivity index (χ4v) is 4.49. The summed E-state index contributed by atoms with van der Waals surface area (Å²) in [5, 5.41) is 4.32. The average Bonchev–Trinajstić information content (AvgIpc) is 3.42. The van der Waals surface area contributed by atoms with Crippen LogP contribution < -0.4 is 15.2 Å². The van der Waals surface area contributed by atoms with Gasteiger partial charge >= 0.3 is 5.97 Å². The molecule has 2 saturated heterocycles. The van der Waals surface area contributed by atoms with Crippen molar-refractivity contribution in [3.05, 3.63) is 47.7 Å². The highest BCUT2D eigenvalue weighted by Crippen LogP contribution is 2.24. The smallest absolute Gasteiger partial charge is 0.337 e. The molecule has 10 nitrogen and oxygen atoms in total. The van der Waals surface area contributed by atoms with Crippen molar-refractivity contribution in [3.8, 4) is 11.3 Å². The molecule has 2 aliphatic rings.